The smallest absolute Gasteiger partial charge is 0.322 e. The number of furan rings is 1. The highest BCUT2D eigenvalue weighted by molar-refractivity contribution is 6.30. The molecule has 3 amide bonds. The molecule has 1 aromatic heterocycles. The van der Waals surface area contributed by atoms with Crippen molar-refractivity contribution < 1.29 is 14.0 Å². The Hall–Kier alpha value is -3.25. The minimum atomic E-state index is -0.359. The van der Waals surface area contributed by atoms with Crippen molar-refractivity contribution >= 4 is 34.9 Å². The fourth-order valence-electron chi connectivity index (χ4n) is 2.63. The molecule has 0 unspecified atom stereocenters. The predicted octanol–water partition coefficient (Wildman–Crippen LogP) is 5.41. The number of carbonyl (C=O) groups is 2. The average Bonchev–Trinajstić information content (AvgIpc) is 3.22. The molecule has 0 aliphatic rings. The van der Waals surface area contributed by atoms with Crippen molar-refractivity contribution in [2.75, 3.05) is 17.7 Å². The van der Waals surface area contributed by atoms with Gasteiger partial charge in [0.15, 0.2) is 5.76 Å². The van der Waals surface area contributed by atoms with E-state index in [9.17, 15) is 9.59 Å². The van der Waals surface area contributed by atoms with E-state index in [4.69, 9.17) is 16.0 Å². The number of nitrogens with zero attached hydrogens (tertiary/aromatic N) is 1. The van der Waals surface area contributed by atoms with E-state index in [1.54, 1.807) is 60.5 Å². The molecule has 0 aliphatic heterocycles. The summed E-state index contributed by atoms with van der Waals surface area (Å²) in [4.78, 5) is 26.3. The number of benzene rings is 2. The predicted molar refractivity (Wildman–Crippen MR) is 110 cm³/mol. The Morgan fingerprint density at radius 2 is 1.68 bits per heavy atom. The molecule has 0 saturated carbocycles. The van der Waals surface area contributed by atoms with Crippen LogP contribution in [0.4, 0.5) is 16.2 Å². The first-order valence-corrected chi connectivity index (χ1v) is 9.06. The standard InChI is InChI=1S/C21H20ClN3O3/c1-14(15-8-10-16(22)11-9-15)25(2)21(27)24-18-6-3-5-17(13-18)23-20(26)19-7-4-12-28-19/h3-14H,1-2H3,(H,23,26)(H,24,27)/t14-/m0/s1. The largest absolute Gasteiger partial charge is 0.459 e. The molecule has 6 nitrogen and oxygen atoms in total. The van der Waals surface area contributed by atoms with E-state index in [1.807, 2.05) is 19.1 Å². The highest BCUT2D eigenvalue weighted by Gasteiger charge is 2.18. The molecule has 1 atom stereocenters. The van der Waals surface area contributed by atoms with Crippen LogP contribution in [0, 0.1) is 0 Å². The van der Waals surface area contributed by atoms with Crippen molar-refractivity contribution in [2.24, 2.45) is 0 Å². The molecule has 3 aromatic rings. The van der Waals surface area contributed by atoms with Gasteiger partial charge in [0.25, 0.3) is 5.91 Å². The summed E-state index contributed by atoms with van der Waals surface area (Å²) in [6.45, 7) is 1.93. The molecule has 0 fully saturated rings. The number of amides is 3. The Labute approximate surface area is 168 Å². The molecule has 2 aromatic carbocycles. The van der Waals surface area contributed by atoms with Crippen LogP contribution in [0.2, 0.25) is 5.02 Å². The molecule has 0 aliphatic carbocycles. The van der Waals surface area contributed by atoms with Gasteiger partial charge < -0.3 is 20.0 Å². The van der Waals surface area contributed by atoms with E-state index in [1.165, 1.54) is 6.26 Å². The number of hydrogen-bond acceptors (Lipinski definition) is 3. The lowest BCUT2D eigenvalue weighted by Gasteiger charge is -2.25. The van der Waals surface area contributed by atoms with Crippen molar-refractivity contribution in [1.29, 1.82) is 0 Å². The summed E-state index contributed by atoms with van der Waals surface area (Å²) < 4.78 is 5.07. The molecule has 1 heterocycles. The van der Waals surface area contributed by atoms with Gasteiger partial charge in [-0.05, 0) is 55.0 Å². The van der Waals surface area contributed by atoms with E-state index in [0.717, 1.165) is 5.56 Å². The first kappa shape index (κ1) is 19.5. The Bertz CT molecular complexity index is 955. The van der Waals surface area contributed by atoms with Gasteiger partial charge in [-0.25, -0.2) is 4.79 Å². The summed E-state index contributed by atoms with van der Waals surface area (Å²) in [5, 5.41) is 6.22. The van der Waals surface area contributed by atoms with Gasteiger partial charge in [-0.1, -0.05) is 29.8 Å². The van der Waals surface area contributed by atoms with Crippen LogP contribution in [0.15, 0.2) is 71.3 Å². The van der Waals surface area contributed by atoms with E-state index in [-0.39, 0.29) is 23.7 Å². The fourth-order valence-corrected chi connectivity index (χ4v) is 2.75. The van der Waals surface area contributed by atoms with Crippen LogP contribution in [0.3, 0.4) is 0 Å². The minimum absolute atomic E-state index is 0.140. The minimum Gasteiger partial charge on any atom is -0.459 e. The number of anilines is 2. The quantitative estimate of drug-likeness (QED) is 0.604. The summed E-state index contributed by atoms with van der Waals surface area (Å²) in [7, 11) is 1.72. The number of urea groups is 1. The van der Waals surface area contributed by atoms with Crippen molar-refractivity contribution in [3.63, 3.8) is 0 Å². The van der Waals surface area contributed by atoms with Gasteiger partial charge >= 0.3 is 6.03 Å². The van der Waals surface area contributed by atoms with Gasteiger partial charge in [-0.15, -0.1) is 0 Å². The summed E-state index contributed by atoms with van der Waals surface area (Å²) >= 11 is 5.92. The molecule has 2 N–H and O–H groups in total. The lowest BCUT2D eigenvalue weighted by molar-refractivity contribution is 0.0996. The zero-order chi connectivity index (χ0) is 20.1. The van der Waals surface area contributed by atoms with Crippen LogP contribution >= 0.6 is 11.6 Å². The van der Waals surface area contributed by atoms with Gasteiger partial charge in [0.2, 0.25) is 0 Å². The number of hydrogen-bond donors (Lipinski definition) is 2. The molecule has 3 rings (SSSR count). The van der Waals surface area contributed by atoms with Crippen LogP contribution < -0.4 is 10.6 Å². The first-order chi connectivity index (χ1) is 13.4. The van der Waals surface area contributed by atoms with Crippen LogP contribution in [0.1, 0.15) is 29.1 Å². The monoisotopic (exact) mass is 397 g/mol. The molecule has 144 valence electrons. The third-order valence-electron chi connectivity index (χ3n) is 4.37. The van der Waals surface area contributed by atoms with E-state index in [2.05, 4.69) is 10.6 Å². The second kappa shape index (κ2) is 8.63. The Balaban J connectivity index is 1.65. The zero-order valence-corrected chi connectivity index (χ0v) is 16.2. The Morgan fingerprint density at radius 1 is 1.00 bits per heavy atom. The molecule has 0 saturated heterocycles. The molecule has 0 bridgehead atoms. The average molecular weight is 398 g/mol. The van der Waals surface area contributed by atoms with Gasteiger partial charge in [0.1, 0.15) is 0 Å². The lowest BCUT2D eigenvalue weighted by Crippen LogP contribution is -2.33. The number of nitrogens with one attached hydrogen (secondary N) is 2. The van der Waals surface area contributed by atoms with Crippen LogP contribution in [-0.2, 0) is 0 Å². The summed E-state index contributed by atoms with van der Waals surface area (Å²) in [5.41, 5.74) is 2.09. The molecule has 0 spiro atoms. The SMILES string of the molecule is C[C@@H](c1ccc(Cl)cc1)N(C)C(=O)Nc1cccc(NC(=O)c2ccco2)c1. The molecule has 0 radical (unpaired) electrons. The topological polar surface area (TPSA) is 74.6 Å². The van der Waals surface area contributed by atoms with Crippen molar-refractivity contribution in [3.8, 4) is 0 Å². The Kier molecular flexibility index (Phi) is 6.01. The van der Waals surface area contributed by atoms with Crippen LogP contribution in [-0.4, -0.2) is 23.9 Å². The number of carbonyl (C=O) groups excluding carboxylic acids is 2. The maximum atomic E-state index is 12.6. The van der Waals surface area contributed by atoms with Crippen LogP contribution in [0.25, 0.3) is 0 Å². The van der Waals surface area contributed by atoms with Gasteiger partial charge in [0, 0.05) is 23.4 Å². The van der Waals surface area contributed by atoms with Crippen LogP contribution in [0.5, 0.6) is 0 Å². The van der Waals surface area contributed by atoms with E-state index < -0.39 is 0 Å². The summed E-state index contributed by atoms with van der Waals surface area (Å²) in [6, 6.07) is 17.1. The van der Waals surface area contributed by atoms with Gasteiger partial charge in [-0.3, -0.25) is 4.79 Å². The van der Waals surface area contributed by atoms with Crippen molar-refractivity contribution in [1.82, 2.24) is 4.90 Å². The fraction of sp³-hybridized carbons (Fsp3) is 0.143. The second-order valence-electron chi connectivity index (χ2n) is 6.28. The highest BCUT2D eigenvalue weighted by Crippen LogP contribution is 2.22. The first-order valence-electron chi connectivity index (χ1n) is 8.68. The van der Waals surface area contributed by atoms with E-state index >= 15 is 0 Å². The van der Waals surface area contributed by atoms with E-state index in [0.29, 0.717) is 16.4 Å². The third-order valence-corrected chi connectivity index (χ3v) is 4.62. The molecule has 28 heavy (non-hydrogen) atoms. The number of rotatable bonds is 5. The molecular weight excluding hydrogens is 378 g/mol. The zero-order valence-electron chi connectivity index (χ0n) is 15.5. The highest BCUT2D eigenvalue weighted by atomic mass is 35.5. The van der Waals surface area contributed by atoms with Gasteiger partial charge in [-0.2, -0.15) is 0 Å². The van der Waals surface area contributed by atoms with Gasteiger partial charge in [0.05, 0.1) is 12.3 Å². The second-order valence-corrected chi connectivity index (χ2v) is 6.72. The molecular formula is C21H20ClN3O3. The van der Waals surface area contributed by atoms with Crippen molar-refractivity contribution in [2.45, 2.75) is 13.0 Å². The third kappa shape index (κ3) is 4.72. The summed E-state index contributed by atoms with van der Waals surface area (Å²) in [5.74, 6) is -0.145. The Morgan fingerprint density at radius 3 is 2.32 bits per heavy atom. The number of halogens is 1. The summed E-state index contributed by atoms with van der Waals surface area (Å²) in [6.07, 6.45) is 1.43. The maximum absolute atomic E-state index is 12.6. The maximum Gasteiger partial charge on any atom is 0.322 e. The van der Waals surface area contributed by atoms with Crippen molar-refractivity contribution in [3.05, 3.63) is 83.3 Å². The lowest BCUT2D eigenvalue weighted by atomic mass is 10.1. The molecule has 7 heteroatoms. The normalized spacial score (nSPS) is 11.5.